The fourth-order valence-electron chi connectivity index (χ4n) is 2.35. The van der Waals surface area contributed by atoms with E-state index in [-0.39, 0.29) is 11.7 Å². The number of carbonyl (C=O) groups is 2. The van der Waals surface area contributed by atoms with Crippen molar-refractivity contribution in [1.82, 2.24) is 4.98 Å². The Labute approximate surface area is 144 Å². The molecule has 0 bridgehead atoms. The minimum atomic E-state index is -0.306. The minimum absolute atomic E-state index is 0.0889. The third-order valence-corrected chi connectivity index (χ3v) is 4.39. The number of anilines is 1. The molecule has 0 spiro atoms. The highest BCUT2D eigenvalue weighted by Gasteiger charge is 2.14. The van der Waals surface area contributed by atoms with Gasteiger partial charge in [-0.1, -0.05) is 42.5 Å². The summed E-state index contributed by atoms with van der Waals surface area (Å²) in [5.74, 6) is -0.395. The number of nitrogens with zero attached hydrogens (tertiary/aromatic N) is 1. The van der Waals surface area contributed by atoms with Gasteiger partial charge < -0.3 is 5.32 Å². The smallest absolute Gasteiger partial charge is 0.275 e. The van der Waals surface area contributed by atoms with Gasteiger partial charge in [-0.2, -0.15) is 0 Å². The third-order valence-electron chi connectivity index (χ3n) is 3.54. The number of para-hydroxylation sites is 1. The van der Waals surface area contributed by atoms with E-state index in [2.05, 4.69) is 10.3 Å². The lowest BCUT2D eigenvalue weighted by Crippen LogP contribution is -2.14. The normalized spacial score (nSPS) is 10.4. The van der Waals surface area contributed by atoms with Gasteiger partial charge in [0.25, 0.3) is 5.91 Å². The molecule has 5 heteroatoms. The summed E-state index contributed by atoms with van der Waals surface area (Å²) >= 11 is 1.45. The number of ketones is 1. The molecule has 0 radical (unpaired) electrons. The number of hydrogen-bond acceptors (Lipinski definition) is 4. The number of thiazole rings is 1. The van der Waals surface area contributed by atoms with Gasteiger partial charge in [-0.05, 0) is 24.6 Å². The van der Waals surface area contributed by atoms with Crippen LogP contribution >= 0.6 is 11.3 Å². The monoisotopic (exact) mass is 336 g/mol. The molecule has 0 unspecified atom stereocenters. The second kappa shape index (κ2) is 7.19. The molecule has 4 nitrogen and oxygen atoms in total. The molecule has 0 aliphatic carbocycles. The second-order valence-electron chi connectivity index (χ2n) is 5.34. The highest BCUT2D eigenvalue weighted by atomic mass is 32.1. The predicted molar refractivity (Wildman–Crippen MR) is 95.8 cm³/mol. The zero-order valence-electron chi connectivity index (χ0n) is 13.2. The molecule has 0 atom stereocenters. The molecular weight excluding hydrogens is 320 g/mol. The molecular formula is C19H16N2O2S. The first-order chi connectivity index (χ1) is 11.6. The van der Waals surface area contributed by atoms with Gasteiger partial charge in [0.05, 0.1) is 10.7 Å². The van der Waals surface area contributed by atoms with E-state index in [0.29, 0.717) is 23.4 Å². The van der Waals surface area contributed by atoms with Gasteiger partial charge in [-0.15, -0.1) is 11.3 Å². The lowest BCUT2D eigenvalue weighted by molar-refractivity contribution is 0.101. The fourth-order valence-corrected chi connectivity index (χ4v) is 3.16. The highest BCUT2D eigenvalue weighted by Crippen LogP contribution is 2.19. The standard InChI is InChI=1S/C19H16N2O2S/c1-13(22)15-9-5-6-10-16(15)21-19(23)17-12-24-18(20-17)11-14-7-3-2-4-8-14/h2-10,12H,11H2,1H3,(H,21,23). The van der Waals surface area contributed by atoms with Crippen LogP contribution in [0.15, 0.2) is 60.0 Å². The molecule has 3 rings (SSSR count). The van der Waals surface area contributed by atoms with Crippen LogP contribution in [0.2, 0.25) is 0 Å². The van der Waals surface area contributed by atoms with E-state index in [1.807, 2.05) is 30.3 Å². The molecule has 0 saturated heterocycles. The first-order valence-corrected chi connectivity index (χ1v) is 8.41. The minimum Gasteiger partial charge on any atom is -0.320 e. The van der Waals surface area contributed by atoms with Crippen LogP contribution in [0, 0.1) is 0 Å². The molecule has 1 aromatic heterocycles. The van der Waals surface area contributed by atoms with Crippen LogP contribution < -0.4 is 5.32 Å². The van der Waals surface area contributed by atoms with Gasteiger partial charge in [0.2, 0.25) is 0 Å². The average molecular weight is 336 g/mol. The zero-order chi connectivity index (χ0) is 16.9. The van der Waals surface area contributed by atoms with Crippen LogP contribution in [0.25, 0.3) is 0 Å². The van der Waals surface area contributed by atoms with Crippen LogP contribution in [-0.4, -0.2) is 16.7 Å². The molecule has 24 heavy (non-hydrogen) atoms. The molecule has 2 aromatic carbocycles. The van der Waals surface area contributed by atoms with E-state index in [9.17, 15) is 9.59 Å². The van der Waals surface area contributed by atoms with Crippen LogP contribution in [0.1, 0.15) is 38.3 Å². The number of carbonyl (C=O) groups excluding carboxylic acids is 2. The Balaban J connectivity index is 1.74. The van der Waals surface area contributed by atoms with Crippen molar-refractivity contribution in [3.63, 3.8) is 0 Å². The average Bonchev–Trinajstić information content (AvgIpc) is 3.05. The topological polar surface area (TPSA) is 59.1 Å². The molecule has 3 aromatic rings. The zero-order valence-corrected chi connectivity index (χ0v) is 14.0. The van der Waals surface area contributed by atoms with Gasteiger partial charge in [-0.25, -0.2) is 4.98 Å². The lowest BCUT2D eigenvalue weighted by Gasteiger charge is -2.07. The maximum atomic E-state index is 12.4. The van der Waals surface area contributed by atoms with Crippen molar-refractivity contribution >= 4 is 28.7 Å². The number of benzene rings is 2. The van der Waals surface area contributed by atoms with Crippen LogP contribution in [-0.2, 0) is 6.42 Å². The number of amides is 1. The van der Waals surface area contributed by atoms with E-state index in [0.717, 1.165) is 10.6 Å². The molecule has 1 amide bonds. The Morgan fingerprint density at radius 2 is 1.75 bits per heavy atom. The summed E-state index contributed by atoms with van der Waals surface area (Å²) < 4.78 is 0. The summed E-state index contributed by atoms with van der Waals surface area (Å²) in [4.78, 5) is 28.4. The summed E-state index contributed by atoms with van der Waals surface area (Å²) in [5, 5.41) is 5.39. The first kappa shape index (κ1) is 16.1. The summed E-state index contributed by atoms with van der Waals surface area (Å²) in [6.45, 7) is 1.48. The summed E-state index contributed by atoms with van der Waals surface area (Å²) in [6.07, 6.45) is 0.697. The van der Waals surface area contributed by atoms with Gasteiger partial charge in [0.15, 0.2) is 5.78 Å². The van der Waals surface area contributed by atoms with Crippen molar-refractivity contribution in [3.8, 4) is 0 Å². The van der Waals surface area contributed by atoms with Crippen molar-refractivity contribution in [2.24, 2.45) is 0 Å². The molecule has 1 heterocycles. The van der Waals surface area contributed by atoms with Crippen LogP contribution in [0.5, 0.6) is 0 Å². The van der Waals surface area contributed by atoms with Crippen molar-refractivity contribution in [2.75, 3.05) is 5.32 Å². The van der Waals surface area contributed by atoms with E-state index in [4.69, 9.17) is 0 Å². The Morgan fingerprint density at radius 3 is 2.50 bits per heavy atom. The van der Waals surface area contributed by atoms with E-state index < -0.39 is 0 Å². The quantitative estimate of drug-likeness (QED) is 0.711. The van der Waals surface area contributed by atoms with Gasteiger partial charge in [-0.3, -0.25) is 9.59 Å². The van der Waals surface area contributed by atoms with Crippen LogP contribution in [0.4, 0.5) is 5.69 Å². The molecule has 0 saturated carbocycles. The van der Waals surface area contributed by atoms with E-state index in [1.54, 1.807) is 29.6 Å². The fraction of sp³-hybridized carbons (Fsp3) is 0.105. The maximum Gasteiger partial charge on any atom is 0.275 e. The Hall–Kier alpha value is -2.79. The largest absolute Gasteiger partial charge is 0.320 e. The third kappa shape index (κ3) is 3.75. The van der Waals surface area contributed by atoms with Crippen molar-refractivity contribution in [1.29, 1.82) is 0 Å². The van der Waals surface area contributed by atoms with Crippen LogP contribution in [0.3, 0.4) is 0 Å². The summed E-state index contributed by atoms with van der Waals surface area (Å²) in [7, 11) is 0. The second-order valence-corrected chi connectivity index (χ2v) is 6.29. The number of nitrogens with one attached hydrogen (secondary N) is 1. The van der Waals surface area contributed by atoms with Gasteiger partial charge in [0.1, 0.15) is 5.69 Å². The van der Waals surface area contributed by atoms with E-state index in [1.165, 1.54) is 18.3 Å². The van der Waals surface area contributed by atoms with E-state index >= 15 is 0 Å². The molecule has 0 fully saturated rings. The lowest BCUT2D eigenvalue weighted by atomic mass is 10.1. The number of hydrogen-bond donors (Lipinski definition) is 1. The Morgan fingerprint density at radius 1 is 1.04 bits per heavy atom. The number of aromatic nitrogens is 1. The number of rotatable bonds is 5. The predicted octanol–water partition coefficient (Wildman–Crippen LogP) is 4.19. The van der Waals surface area contributed by atoms with Gasteiger partial charge in [0, 0.05) is 17.4 Å². The van der Waals surface area contributed by atoms with Gasteiger partial charge >= 0.3 is 0 Å². The Bertz CT molecular complexity index is 872. The maximum absolute atomic E-state index is 12.4. The highest BCUT2D eigenvalue weighted by molar-refractivity contribution is 7.09. The molecule has 120 valence electrons. The number of Topliss-reactive ketones (excluding diaryl/α,β-unsaturated/α-hetero) is 1. The molecule has 0 aliphatic heterocycles. The van der Waals surface area contributed by atoms with Crippen molar-refractivity contribution < 1.29 is 9.59 Å². The summed E-state index contributed by atoms with van der Waals surface area (Å²) in [5.41, 5.74) is 2.52. The first-order valence-electron chi connectivity index (χ1n) is 7.53. The SMILES string of the molecule is CC(=O)c1ccccc1NC(=O)c1csc(Cc2ccccc2)n1. The molecule has 0 aliphatic rings. The van der Waals surface area contributed by atoms with Crippen molar-refractivity contribution in [2.45, 2.75) is 13.3 Å². The summed E-state index contributed by atoms with van der Waals surface area (Å²) in [6, 6.07) is 17.0. The molecule has 1 N–H and O–H groups in total. The van der Waals surface area contributed by atoms with Crippen molar-refractivity contribution in [3.05, 3.63) is 81.8 Å². The Kier molecular flexibility index (Phi) is 4.82.